The van der Waals surface area contributed by atoms with Crippen molar-refractivity contribution in [1.82, 2.24) is 0 Å². The van der Waals surface area contributed by atoms with E-state index in [0.29, 0.717) is 42.6 Å². The van der Waals surface area contributed by atoms with Crippen LogP contribution in [0.25, 0.3) is 11.1 Å². The number of amides is 2. The second-order valence-corrected chi connectivity index (χ2v) is 7.47. The molecule has 5 N–H and O–H groups in total. The fourth-order valence-corrected chi connectivity index (χ4v) is 3.54. The fourth-order valence-electron chi connectivity index (χ4n) is 3.54. The second-order valence-electron chi connectivity index (χ2n) is 7.47. The lowest BCUT2D eigenvalue weighted by Crippen LogP contribution is -2.22. The number of nitrogens with one attached hydrogen (secondary N) is 1. The first-order valence-corrected chi connectivity index (χ1v) is 10.2. The van der Waals surface area contributed by atoms with Crippen LogP contribution < -0.4 is 16.8 Å². The number of nitrogens with two attached hydrogens (primary N) is 2. The Morgan fingerprint density at radius 2 is 1.61 bits per heavy atom. The summed E-state index contributed by atoms with van der Waals surface area (Å²) in [5.74, 6) is -1.46. The highest BCUT2D eigenvalue weighted by molar-refractivity contribution is 5.90. The van der Waals surface area contributed by atoms with Gasteiger partial charge in [0.05, 0.1) is 5.92 Å². The van der Waals surface area contributed by atoms with E-state index in [0.717, 1.165) is 11.1 Å². The third-order valence-corrected chi connectivity index (χ3v) is 5.19. The third-order valence-electron chi connectivity index (χ3n) is 5.19. The Hall–Kier alpha value is -3.67. The standard InChI is InChI=1S/C25H26FN3O2/c26-19-11-13-20(14-12-19)29-24(30)9-5-4-8-22(25(28)31)21-15-10-18(16-23(21)27)17-6-2-1-3-7-17/h1-3,6-7,10-16,22H,4-5,8-9,27H2,(H2,28,31)(H,29,30). The lowest BCUT2D eigenvalue weighted by molar-refractivity contribution is -0.119. The highest BCUT2D eigenvalue weighted by atomic mass is 19.1. The lowest BCUT2D eigenvalue weighted by Gasteiger charge is -2.17. The molecular weight excluding hydrogens is 393 g/mol. The van der Waals surface area contributed by atoms with E-state index in [4.69, 9.17) is 11.5 Å². The molecule has 160 valence electrons. The zero-order chi connectivity index (χ0) is 22.2. The van der Waals surface area contributed by atoms with Crippen molar-refractivity contribution in [2.75, 3.05) is 11.1 Å². The molecule has 3 rings (SSSR count). The SMILES string of the molecule is NC(=O)C(CCCCC(=O)Nc1ccc(F)cc1)c1ccc(-c2ccccc2)cc1N. The summed E-state index contributed by atoms with van der Waals surface area (Å²) in [6, 6.07) is 21.1. The maximum absolute atomic E-state index is 12.9. The highest BCUT2D eigenvalue weighted by Crippen LogP contribution is 2.31. The van der Waals surface area contributed by atoms with Gasteiger partial charge in [0.15, 0.2) is 0 Å². The first-order valence-electron chi connectivity index (χ1n) is 10.2. The van der Waals surface area contributed by atoms with Gasteiger partial charge in [-0.3, -0.25) is 9.59 Å². The Kier molecular flexibility index (Phi) is 7.38. The number of primary amides is 1. The minimum Gasteiger partial charge on any atom is -0.398 e. The van der Waals surface area contributed by atoms with Crippen molar-refractivity contribution in [2.24, 2.45) is 5.73 Å². The van der Waals surface area contributed by atoms with Crippen LogP contribution in [0, 0.1) is 5.82 Å². The molecule has 1 atom stereocenters. The van der Waals surface area contributed by atoms with Gasteiger partial charge in [-0.15, -0.1) is 0 Å². The smallest absolute Gasteiger partial charge is 0.225 e. The van der Waals surface area contributed by atoms with Crippen molar-refractivity contribution in [2.45, 2.75) is 31.6 Å². The van der Waals surface area contributed by atoms with Gasteiger partial charge in [0.1, 0.15) is 5.82 Å². The Balaban J connectivity index is 1.56. The van der Waals surface area contributed by atoms with Crippen LogP contribution in [0.15, 0.2) is 72.8 Å². The largest absolute Gasteiger partial charge is 0.398 e. The van der Waals surface area contributed by atoms with Gasteiger partial charge in [0.25, 0.3) is 0 Å². The molecule has 1 unspecified atom stereocenters. The maximum atomic E-state index is 12.9. The van der Waals surface area contributed by atoms with Crippen LogP contribution in [0.3, 0.4) is 0 Å². The monoisotopic (exact) mass is 419 g/mol. The summed E-state index contributed by atoms with van der Waals surface area (Å²) in [6.07, 6.45) is 2.04. The zero-order valence-electron chi connectivity index (χ0n) is 17.2. The maximum Gasteiger partial charge on any atom is 0.225 e. The molecule has 0 aliphatic carbocycles. The Morgan fingerprint density at radius 3 is 2.26 bits per heavy atom. The molecule has 3 aromatic rings. The van der Waals surface area contributed by atoms with Crippen LogP contribution in [0.1, 0.15) is 37.2 Å². The molecule has 0 bridgehead atoms. The highest BCUT2D eigenvalue weighted by Gasteiger charge is 2.20. The van der Waals surface area contributed by atoms with Crippen LogP contribution in [0.2, 0.25) is 0 Å². The van der Waals surface area contributed by atoms with E-state index in [1.165, 1.54) is 24.3 Å². The molecule has 0 saturated heterocycles. The summed E-state index contributed by atoms with van der Waals surface area (Å²) in [5, 5.41) is 2.73. The first kappa shape index (κ1) is 22.0. The fraction of sp³-hybridized carbons (Fsp3) is 0.200. The molecule has 0 aromatic heterocycles. The predicted molar refractivity (Wildman–Crippen MR) is 122 cm³/mol. The molecule has 0 saturated carbocycles. The summed E-state index contributed by atoms with van der Waals surface area (Å²) in [6.45, 7) is 0. The van der Waals surface area contributed by atoms with E-state index in [9.17, 15) is 14.0 Å². The molecule has 0 aliphatic rings. The van der Waals surface area contributed by atoms with Crippen LogP contribution in [-0.4, -0.2) is 11.8 Å². The Labute approximate surface area is 181 Å². The van der Waals surface area contributed by atoms with Gasteiger partial charge in [0, 0.05) is 17.8 Å². The quantitative estimate of drug-likeness (QED) is 0.342. The number of benzene rings is 3. The summed E-state index contributed by atoms with van der Waals surface area (Å²) in [5.41, 5.74) is 15.7. The molecule has 0 aliphatic heterocycles. The zero-order valence-corrected chi connectivity index (χ0v) is 17.2. The van der Waals surface area contributed by atoms with Gasteiger partial charge in [-0.1, -0.05) is 48.9 Å². The normalized spacial score (nSPS) is 11.6. The van der Waals surface area contributed by atoms with Crippen molar-refractivity contribution >= 4 is 23.2 Å². The molecule has 0 spiro atoms. The number of nitrogen functional groups attached to an aromatic ring is 1. The summed E-state index contributed by atoms with van der Waals surface area (Å²) in [7, 11) is 0. The molecule has 5 nitrogen and oxygen atoms in total. The van der Waals surface area contributed by atoms with Crippen LogP contribution >= 0.6 is 0 Å². The third kappa shape index (κ3) is 6.15. The molecule has 0 fully saturated rings. The van der Waals surface area contributed by atoms with E-state index in [1.807, 2.05) is 48.5 Å². The van der Waals surface area contributed by atoms with Gasteiger partial charge in [-0.25, -0.2) is 4.39 Å². The number of unbranched alkanes of at least 4 members (excludes halogenated alkanes) is 1. The summed E-state index contributed by atoms with van der Waals surface area (Å²) < 4.78 is 12.9. The predicted octanol–water partition coefficient (Wildman–Crippen LogP) is 4.84. The van der Waals surface area contributed by atoms with E-state index >= 15 is 0 Å². The average Bonchev–Trinajstić information content (AvgIpc) is 2.76. The molecular formula is C25H26FN3O2. The van der Waals surface area contributed by atoms with Gasteiger partial charge in [-0.05, 0) is 59.9 Å². The van der Waals surface area contributed by atoms with Gasteiger partial charge in [-0.2, -0.15) is 0 Å². The molecule has 2 amide bonds. The van der Waals surface area contributed by atoms with Crippen LogP contribution in [-0.2, 0) is 9.59 Å². The number of carbonyl (C=O) groups excluding carboxylic acids is 2. The van der Waals surface area contributed by atoms with Crippen molar-refractivity contribution in [1.29, 1.82) is 0 Å². The van der Waals surface area contributed by atoms with Crippen molar-refractivity contribution in [3.63, 3.8) is 0 Å². The number of hydrogen-bond acceptors (Lipinski definition) is 3. The van der Waals surface area contributed by atoms with Crippen molar-refractivity contribution in [3.05, 3.63) is 84.2 Å². The molecule has 6 heteroatoms. The van der Waals surface area contributed by atoms with E-state index in [2.05, 4.69) is 5.32 Å². The van der Waals surface area contributed by atoms with Crippen molar-refractivity contribution < 1.29 is 14.0 Å². The van der Waals surface area contributed by atoms with Gasteiger partial charge in [0.2, 0.25) is 11.8 Å². The van der Waals surface area contributed by atoms with E-state index in [-0.39, 0.29) is 11.7 Å². The van der Waals surface area contributed by atoms with Crippen LogP contribution in [0.4, 0.5) is 15.8 Å². The summed E-state index contributed by atoms with van der Waals surface area (Å²) >= 11 is 0. The minimum atomic E-state index is -0.509. The van der Waals surface area contributed by atoms with Gasteiger partial charge < -0.3 is 16.8 Å². The number of hydrogen-bond donors (Lipinski definition) is 3. The minimum absolute atomic E-state index is 0.158. The molecule has 0 radical (unpaired) electrons. The van der Waals surface area contributed by atoms with Crippen molar-refractivity contribution in [3.8, 4) is 11.1 Å². The van der Waals surface area contributed by atoms with E-state index in [1.54, 1.807) is 0 Å². The molecule has 31 heavy (non-hydrogen) atoms. The second kappa shape index (κ2) is 10.4. The number of carbonyl (C=O) groups is 2. The number of halogens is 1. The first-order chi connectivity index (χ1) is 14.9. The molecule has 3 aromatic carbocycles. The summed E-state index contributed by atoms with van der Waals surface area (Å²) in [4.78, 5) is 24.1. The number of anilines is 2. The van der Waals surface area contributed by atoms with E-state index < -0.39 is 11.8 Å². The van der Waals surface area contributed by atoms with Gasteiger partial charge >= 0.3 is 0 Å². The topological polar surface area (TPSA) is 98.2 Å². The number of rotatable bonds is 9. The van der Waals surface area contributed by atoms with Crippen LogP contribution in [0.5, 0.6) is 0 Å². The average molecular weight is 420 g/mol. The lowest BCUT2D eigenvalue weighted by atomic mass is 9.89. The molecule has 0 heterocycles. The Bertz CT molecular complexity index is 1040. The Morgan fingerprint density at radius 1 is 0.903 bits per heavy atom.